The highest BCUT2D eigenvalue weighted by Gasteiger charge is 2.24. The van der Waals surface area contributed by atoms with Gasteiger partial charge >= 0.3 is 0 Å². The molecule has 1 aliphatic rings. The summed E-state index contributed by atoms with van der Waals surface area (Å²) in [5.41, 5.74) is 4.47. The van der Waals surface area contributed by atoms with E-state index in [-0.39, 0.29) is 0 Å². The molecule has 1 aromatic carbocycles. The lowest BCUT2D eigenvalue weighted by molar-refractivity contribution is 0.150. The summed E-state index contributed by atoms with van der Waals surface area (Å²) in [5.74, 6) is 0. The van der Waals surface area contributed by atoms with E-state index in [4.69, 9.17) is 11.6 Å². The van der Waals surface area contributed by atoms with Gasteiger partial charge in [-0.05, 0) is 49.4 Å². The first kappa shape index (κ1) is 15.6. The molecule has 1 aliphatic heterocycles. The van der Waals surface area contributed by atoms with Crippen LogP contribution in [-0.4, -0.2) is 33.1 Å². The SMILES string of the molecule is CN1CCc2c(n(CC(O)c3ccccn3)c3ccc(Cl)cc23)C1. The molecule has 0 spiro atoms. The summed E-state index contributed by atoms with van der Waals surface area (Å²) < 4.78 is 2.23. The number of aliphatic hydroxyl groups excluding tert-OH is 1. The number of nitrogens with zero attached hydrogens (tertiary/aromatic N) is 3. The van der Waals surface area contributed by atoms with Gasteiger partial charge < -0.3 is 14.6 Å². The predicted octanol–water partition coefficient (Wildman–Crippen LogP) is 3.41. The van der Waals surface area contributed by atoms with Gasteiger partial charge in [0, 0.05) is 40.9 Å². The van der Waals surface area contributed by atoms with Crippen molar-refractivity contribution in [3.63, 3.8) is 0 Å². The fraction of sp³-hybridized carbons (Fsp3) is 0.316. The van der Waals surface area contributed by atoms with Crippen LogP contribution in [0.1, 0.15) is 23.1 Å². The second-order valence-corrected chi connectivity index (χ2v) is 6.89. The van der Waals surface area contributed by atoms with E-state index in [1.165, 1.54) is 16.6 Å². The van der Waals surface area contributed by atoms with Crippen LogP contribution in [0.5, 0.6) is 0 Å². The normalized spacial score (nSPS) is 16.3. The zero-order valence-electron chi connectivity index (χ0n) is 13.6. The Morgan fingerprint density at radius 1 is 1.29 bits per heavy atom. The number of rotatable bonds is 3. The van der Waals surface area contributed by atoms with Crippen LogP contribution in [0.15, 0.2) is 42.6 Å². The maximum Gasteiger partial charge on any atom is 0.114 e. The van der Waals surface area contributed by atoms with Gasteiger partial charge in [-0.25, -0.2) is 0 Å². The minimum Gasteiger partial charge on any atom is -0.385 e. The van der Waals surface area contributed by atoms with Crippen molar-refractivity contribution in [2.24, 2.45) is 0 Å². The maximum absolute atomic E-state index is 10.7. The van der Waals surface area contributed by atoms with Crippen molar-refractivity contribution in [3.8, 4) is 0 Å². The van der Waals surface area contributed by atoms with E-state index < -0.39 is 6.10 Å². The van der Waals surface area contributed by atoms with Crippen LogP contribution in [0, 0.1) is 0 Å². The van der Waals surface area contributed by atoms with Crippen molar-refractivity contribution in [2.75, 3.05) is 13.6 Å². The largest absolute Gasteiger partial charge is 0.385 e. The van der Waals surface area contributed by atoms with Crippen LogP contribution in [-0.2, 0) is 19.5 Å². The summed E-state index contributed by atoms with van der Waals surface area (Å²) in [6.45, 7) is 2.43. The van der Waals surface area contributed by atoms with Gasteiger partial charge in [0.25, 0.3) is 0 Å². The highest BCUT2D eigenvalue weighted by molar-refractivity contribution is 6.31. The van der Waals surface area contributed by atoms with E-state index in [2.05, 4.69) is 27.6 Å². The molecule has 2 aromatic heterocycles. The van der Waals surface area contributed by atoms with Gasteiger partial charge in [-0.15, -0.1) is 0 Å². The summed E-state index contributed by atoms with van der Waals surface area (Å²) in [5, 5.41) is 12.6. The third-order valence-corrected chi connectivity index (χ3v) is 5.03. The molecule has 0 saturated carbocycles. The average Bonchev–Trinajstić information content (AvgIpc) is 2.88. The van der Waals surface area contributed by atoms with Crippen molar-refractivity contribution < 1.29 is 5.11 Å². The Morgan fingerprint density at radius 3 is 2.96 bits per heavy atom. The van der Waals surface area contributed by atoms with E-state index in [0.717, 1.165) is 30.0 Å². The Bertz CT molecular complexity index is 875. The Labute approximate surface area is 146 Å². The second kappa shape index (κ2) is 6.20. The molecule has 4 rings (SSSR count). The van der Waals surface area contributed by atoms with Gasteiger partial charge in [-0.2, -0.15) is 0 Å². The summed E-state index contributed by atoms with van der Waals surface area (Å²) >= 11 is 6.22. The number of halogens is 1. The minimum absolute atomic E-state index is 0.498. The first-order valence-corrected chi connectivity index (χ1v) is 8.58. The molecule has 0 bridgehead atoms. The fourth-order valence-electron chi connectivity index (χ4n) is 3.59. The van der Waals surface area contributed by atoms with Crippen LogP contribution in [0.25, 0.3) is 10.9 Å². The molecule has 1 atom stereocenters. The quantitative estimate of drug-likeness (QED) is 0.793. The Morgan fingerprint density at radius 2 is 2.17 bits per heavy atom. The molecule has 124 valence electrons. The lowest BCUT2D eigenvalue weighted by Gasteiger charge is -2.25. The molecule has 1 unspecified atom stereocenters. The molecular formula is C19H20ClN3O. The highest BCUT2D eigenvalue weighted by Crippen LogP contribution is 2.33. The number of hydrogen-bond donors (Lipinski definition) is 1. The average molecular weight is 342 g/mol. The monoisotopic (exact) mass is 341 g/mol. The summed E-state index contributed by atoms with van der Waals surface area (Å²) in [6.07, 6.45) is 2.10. The van der Waals surface area contributed by atoms with E-state index >= 15 is 0 Å². The summed E-state index contributed by atoms with van der Waals surface area (Å²) in [7, 11) is 2.13. The van der Waals surface area contributed by atoms with Gasteiger partial charge in [-0.1, -0.05) is 17.7 Å². The van der Waals surface area contributed by atoms with Crippen molar-refractivity contribution in [1.29, 1.82) is 0 Å². The van der Waals surface area contributed by atoms with Crippen LogP contribution < -0.4 is 0 Å². The van der Waals surface area contributed by atoms with E-state index in [1.807, 2.05) is 30.3 Å². The van der Waals surface area contributed by atoms with E-state index in [1.54, 1.807) is 6.20 Å². The lowest BCUT2D eigenvalue weighted by atomic mass is 10.0. The van der Waals surface area contributed by atoms with E-state index in [0.29, 0.717) is 12.2 Å². The first-order valence-electron chi connectivity index (χ1n) is 8.20. The molecule has 3 aromatic rings. The van der Waals surface area contributed by atoms with E-state index in [9.17, 15) is 5.11 Å². The zero-order valence-corrected chi connectivity index (χ0v) is 14.4. The minimum atomic E-state index is -0.631. The number of hydrogen-bond acceptors (Lipinski definition) is 3. The van der Waals surface area contributed by atoms with Crippen LogP contribution >= 0.6 is 11.6 Å². The Kier molecular flexibility index (Phi) is 4.04. The predicted molar refractivity (Wildman–Crippen MR) is 96.2 cm³/mol. The zero-order chi connectivity index (χ0) is 16.7. The maximum atomic E-state index is 10.7. The van der Waals surface area contributed by atoms with Crippen molar-refractivity contribution in [1.82, 2.24) is 14.5 Å². The lowest BCUT2D eigenvalue weighted by Crippen LogP contribution is -2.28. The third kappa shape index (κ3) is 2.71. The van der Waals surface area contributed by atoms with Gasteiger partial charge in [-0.3, -0.25) is 4.98 Å². The number of benzene rings is 1. The van der Waals surface area contributed by atoms with Crippen molar-refractivity contribution >= 4 is 22.5 Å². The molecule has 0 radical (unpaired) electrons. The Hall–Kier alpha value is -1.88. The molecule has 0 fully saturated rings. The number of fused-ring (bicyclic) bond motifs is 3. The first-order chi connectivity index (χ1) is 11.6. The van der Waals surface area contributed by atoms with Crippen molar-refractivity contribution in [2.45, 2.75) is 25.6 Å². The van der Waals surface area contributed by atoms with Crippen molar-refractivity contribution in [3.05, 3.63) is 64.6 Å². The molecule has 1 N–H and O–H groups in total. The molecule has 0 saturated heterocycles. The topological polar surface area (TPSA) is 41.3 Å². The van der Waals surface area contributed by atoms with Gasteiger partial charge in [0.15, 0.2) is 0 Å². The highest BCUT2D eigenvalue weighted by atomic mass is 35.5. The number of likely N-dealkylation sites (N-methyl/N-ethyl adjacent to an activating group) is 1. The molecule has 5 heteroatoms. The molecule has 24 heavy (non-hydrogen) atoms. The molecule has 3 heterocycles. The van der Waals surface area contributed by atoms with Gasteiger partial charge in [0.1, 0.15) is 6.10 Å². The standard InChI is InChI=1S/C19H20ClN3O/c1-22-9-7-14-15-10-13(20)5-6-17(15)23(18(14)11-22)12-19(24)16-4-2-3-8-21-16/h2-6,8,10,19,24H,7,9,11-12H2,1H3. The number of pyridine rings is 1. The smallest absolute Gasteiger partial charge is 0.114 e. The second-order valence-electron chi connectivity index (χ2n) is 6.46. The van der Waals surface area contributed by atoms with Gasteiger partial charge in [0.2, 0.25) is 0 Å². The van der Waals surface area contributed by atoms with Crippen LogP contribution in [0.3, 0.4) is 0 Å². The summed E-state index contributed by atoms with van der Waals surface area (Å²) in [4.78, 5) is 6.60. The third-order valence-electron chi connectivity index (χ3n) is 4.80. The summed E-state index contributed by atoms with van der Waals surface area (Å²) in [6, 6.07) is 11.7. The molecule has 0 aliphatic carbocycles. The van der Waals surface area contributed by atoms with Crippen LogP contribution in [0.2, 0.25) is 5.02 Å². The molecule has 0 amide bonds. The molecule has 4 nitrogen and oxygen atoms in total. The fourth-order valence-corrected chi connectivity index (χ4v) is 3.77. The van der Waals surface area contributed by atoms with Gasteiger partial charge in [0.05, 0.1) is 12.2 Å². The Balaban J connectivity index is 1.81. The number of aromatic nitrogens is 2. The number of aliphatic hydroxyl groups is 1. The molecular weight excluding hydrogens is 322 g/mol. The van der Waals surface area contributed by atoms with Crippen LogP contribution in [0.4, 0.5) is 0 Å².